The molecule has 0 bridgehead atoms. The third-order valence-electron chi connectivity index (χ3n) is 3.06. The molecule has 1 aliphatic heterocycles. The largest absolute Gasteiger partial charge is 0.379 e. The van der Waals surface area contributed by atoms with Crippen molar-refractivity contribution >= 4 is 17.4 Å². The van der Waals surface area contributed by atoms with Gasteiger partial charge in [0.1, 0.15) is 0 Å². The number of amides is 2. The molecule has 1 fully saturated rings. The molecule has 98 valence electrons. The smallest absolute Gasteiger partial charge is 0.321 e. The zero-order valence-electron chi connectivity index (χ0n) is 10.4. The van der Waals surface area contributed by atoms with Crippen molar-refractivity contribution < 1.29 is 4.79 Å². The lowest BCUT2D eigenvalue weighted by Gasteiger charge is -2.15. The molecule has 0 atom stereocenters. The highest BCUT2D eigenvalue weighted by molar-refractivity contribution is 5.94. The zero-order chi connectivity index (χ0) is 13.1. The molecule has 19 heavy (non-hydrogen) atoms. The van der Waals surface area contributed by atoms with Crippen LogP contribution in [0.15, 0.2) is 36.5 Å². The highest BCUT2D eigenvalue weighted by atomic mass is 16.2. The molecule has 3 rings (SSSR count). The SMILES string of the molecule is O=C1NCCN1c1cccc(NCc2ccn[nH]2)c1. The summed E-state index contributed by atoms with van der Waals surface area (Å²) in [6.45, 7) is 2.09. The molecule has 0 radical (unpaired) electrons. The standard InChI is InChI=1S/C13H15N5O/c19-13-14-6-7-18(13)12-3-1-2-10(8-12)15-9-11-4-5-16-17-11/h1-5,8,15H,6-7,9H2,(H,14,19)(H,16,17). The van der Waals surface area contributed by atoms with Crippen molar-refractivity contribution in [2.75, 3.05) is 23.3 Å². The number of benzene rings is 1. The van der Waals surface area contributed by atoms with Crippen LogP contribution >= 0.6 is 0 Å². The Balaban J connectivity index is 1.71. The van der Waals surface area contributed by atoms with Gasteiger partial charge >= 0.3 is 6.03 Å². The Kier molecular flexibility index (Phi) is 3.06. The van der Waals surface area contributed by atoms with Crippen LogP contribution in [0.4, 0.5) is 16.2 Å². The van der Waals surface area contributed by atoms with Crippen molar-refractivity contribution in [3.63, 3.8) is 0 Å². The number of carbonyl (C=O) groups is 1. The Morgan fingerprint density at radius 1 is 1.37 bits per heavy atom. The van der Waals surface area contributed by atoms with E-state index in [1.165, 1.54) is 0 Å². The van der Waals surface area contributed by atoms with Crippen molar-refractivity contribution in [2.24, 2.45) is 0 Å². The molecule has 1 aliphatic rings. The van der Waals surface area contributed by atoms with Gasteiger partial charge in [0.05, 0.1) is 12.2 Å². The van der Waals surface area contributed by atoms with Gasteiger partial charge in [-0.25, -0.2) is 4.79 Å². The van der Waals surface area contributed by atoms with Gasteiger partial charge in [0.25, 0.3) is 0 Å². The lowest BCUT2D eigenvalue weighted by molar-refractivity contribution is 0.252. The maximum absolute atomic E-state index is 11.6. The summed E-state index contributed by atoms with van der Waals surface area (Å²) in [5, 5.41) is 12.9. The molecule has 1 saturated heterocycles. The number of hydrogen-bond acceptors (Lipinski definition) is 3. The molecule has 0 saturated carbocycles. The van der Waals surface area contributed by atoms with E-state index in [0.717, 1.165) is 17.1 Å². The molecular formula is C13H15N5O. The van der Waals surface area contributed by atoms with Crippen LogP contribution in [-0.2, 0) is 6.54 Å². The molecule has 2 heterocycles. The Hall–Kier alpha value is -2.50. The van der Waals surface area contributed by atoms with Crippen LogP contribution in [0.5, 0.6) is 0 Å². The Morgan fingerprint density at radius 2 is 2.32 bits per heavy atom. The number of rotatable bonds is 4. The average molecular weight is 257 g/mol. The fourth-order valence-corrected chi connectivity index (χ4v) is 2.08. The van der Waals surface area contributed by atoms with Gasteiger partial charge in [-0.1, -0.05) is 6.07 Å². The van der Waals surface area contributed by atoms with E-state index in [9.17, 15) is 4.79 Å². The maximum atomic E-state index is 11.6. The molecule has 1 aromatic heterocycles. The third-order valence-corrected chi connectivity index (χ3v) is 3.06. The molecule has 1 aromatic carbocycles. The predicted molar refractivity (Wildman–Crippen MR) is 73.1 cm³/mol. The first-order chi connectivity index (χ1) is 9.33. The molecule has 6 nitrogen and oxygen atoms in total. The van der Waals surface area contributed by atoms with E-state index in [2.05, 4.69) is 20.8 Å². The summed E-state index contributed by atoms with van der Waals surface area (Å²) in [7, 11) is 0. The topological polar surface area (TPSA) is 73.1 Å². The number of urea groups is 1. The Morgan fingerprint density at radius 3 is 3.05 bits per heavy atom. The minimum Gasteiger partial charge on any atom is -0.379 e. The number of aromatic nitrogens is 2. The fourth-order valence-electron chi connectivity index (χ4n) is 2.08. The van der Waals surface area contributed by atoms with Crippen molar-refractivity contribution in [1.29, 1.82) is 0 Å². The summed E-state index contributed by atoms with van der Waals surface area (Å²) in [6.07, 6.45) is 1.72. The number of nitrogens with zero attached hydrogens (tertiary/aromatic N) is 2. The van der Waals surface area contributed by atoms with Crippen LogP contribution in [0.25, 0.3) is 0 Å². The lowest BCUT2D eigenvalue weighted by atomic mass is 10.2. The van der Waals surface area contributed by atoms with Crippen LogP contribution in [0.2, 0.25) is 0 Å². The average Bonchev–Trinajstić information content (AvgIpc) is 3.08. The van der Waals surface area contributed by atoms with E-state index in [-0.39, 0.29) is 6.03 Å². The molecule has 2 aromatic rings. The number of carbonyl (C=O) groups excluding carboxylic acids is 1. The van der Waals surface area contributed by atoms with E-state index in [4.69, 9.17) is 0 Å². The van der Waals surface area contributed by atoms with Crippen molar-refractivity contribution in [3.05, 3.63) is 42.2 Å². The highest BCUT2D eigenvalue weighted by Gasteiger charge is 2.20. The van der Waals surface area contributed by atoms with Gasteiger partial charge in [0.15, 0.2) is 0 Å². The molecule has 3 N–H and O–H groups in total. The summed E-state index contributed by atoms with van der Waals surface area (Å²) >= 11 is 0. The van der Waals surface area contributed by atoms with E-state index in [1.807, 2.05) is 30.3 Å². The van der Waals surface area contributed by atoms with Gasteiger partial charge in [0, 0.05) is 30.7 Å². The first-order valence-corrected chi connectivity index (χ1v) is 6.20. The molecule has 2 amide bonds. The predicted octanol–water partition coefficient (Wildman–Crippen LogP) is 1.55. The lowest BCUT2D eigenvalue weighted by Crippen LogP contribution is -2.27. The second kappa shape index (κ2) is 5.01. The third kappa shape index (κ3) is 2.52. The summed E-state index contributed by atoms with van der Waals surface area (Å²) in [4.78, 5) is 13.3. The van der Waals surface area contributed by atoms with Gasteiger partial charge in [-0.15, -0.1) is 0 Å². The summed E-state index contributed by atoms with van der Waals surface area (Å²) in [5.41, 5.74) is 2.90. The number of H-pyrrole nitrogens is 1. The number of anilines is 2. The summed E-state index contributed by atoms with van der Waals surface area (Å²) < 4.78 is 0. The highest BCUT2D eigenvalue weighted by Crippen LogP contribution is 2.21. The fraction of sp³-hybridized carbons (Fsp3) is 0.231. The number of aromatic amines is 1. The first kappa shape index (κ1) is 11.6. The van der Waals surface area contributed by atoms with Gasteiger partial charge in [-0.3, -0.25) is 10.00 Å². The van der Waals surface area contributed by atoms with Crippen LogP contribution in [0.3, 0.4) is 0 Å². The normalized spacial score (nSPS) is 14.5. The van der Waals surface area contributed by atoms with Crippen LogP contribution in [-0.4, -0.2) is 29.3 Å². The van der Waals surface area contributed by atoms with Crippen LogP contribution in [0.1, 0.15) is 5.69 Å². The minimum absolute atomic E-state index is 0.0364. The van der Waals surface area contributed by atoms with E-state index in [0.29, 0.717) is 19.6 Å². The number of nitrogens with one attached hydrogen (secondary N) is 3. The van der Waals surface area contributed by atoms with E-state index < -0.39 is 0 Å². The van der Waals surface area contributed by atoms with E-state index in [1.54, 1.807) is 11.1 Å². The van der Waals surface area contributed by atoms with Crippen molar-refractivity contribution in [2.45, 2.75) is 6.54 Å². The quantitative estimate of drug-likeness (QED) is 0.778. The van der Waals surface area contributed by atoms with Crippen molar-refractivity contribution in [1.82, 2.24) is 15.5 Å². The van der Waals surface area contributed by atoms with Crippen LogP contribution in [0, 0.1) is 0 Å². The second-order valence-corrected chi connectivity index (χ2v) is 4.37. The molecule has 6 heteroatoms. The summed E-state index contributed by atoms with van der Waals surface area (Å²) in [6, 6.07) is 9.72. The van der Waals surface area contributed by atoms with Gasteiger partial charge in [-0.2, -0.15) is 5.10 Å². The second-order valence-electron chi connectivity index (χ2n) is 4.37. The molecular weight excluding hydrogens is 242 g/mol. The molecule has 0 aliphatic carbocycles. The Labute approximate surface area is 110 Å². The van der Waals surface area contributed by atoms with Gasteiger partial charge in [-0.05, 0) is 24.3 Å². The zero-order valence-corrected chi connectivity index (χ0v) is 10.4. The first-order valence-electron chi connectivity index (χ1n) is 6.20. The van der Waals surface area contributed by atoms with Crippen LogP contribution < -0.4 is 15.5 Å². The summed E-state index contributed by atoms with van der Waals surface area (Å²) in [5.74, 6) is 0. The van der Waals surface area contributed by atoms with Gasteiger partial charge < -0.3 is 10.6 Å². The van der Waals surface area contributed by atoms with E-state index >= 15 is 0 Å². The minimum atomic E-state index is -0.0364. The monoisotopic (exact) mass is 257 g/mol. The molecule has 0 unspecified atom stereocenters. The maximum Gasteiger partial charge on any atom is 0.321 e. The number of hydrogen-bond donors (Lipinski definition) is 3. The van der Waals surface area contributed by atoms with Gasteiger partial charge in [0.2, 0.25) is 0 Å². The Bertz CT molecular complexity index is 566. The van der Waals surface area contributed by atoms with Crippen molar-refractivity contribution in [3.8, 4) is 0 Å². The molecule has 0 spiro atoms.